The smallest absolute Gasteiger partial charge is 0.225 e. The minimum absolute atomic E-state index is 0.495. The summed E-state index contributed by atoms with van der Waals surface area (Å²) in [5, 5.41) is 8.52. The molecule has 0 saturated heterocycles. The molecule has 1 saturated carbocycles. The Hall–Kier alpha value is -0.570. The summed E-state index contributed by atoms with van der Waals surface area (Å²) in [4.78, 5) is 0. The van der Waals surface area contributed by atoms with Gasteiger partial charge in [-0.25, -0.2) is 0 Å². The summed E-state index contributed by atoms with van der Waals surface area (Å²) < 4.78 is 2.11. The molecular formula is C11H18ClN3. The maximum atomic E-state index is 6.09. The molecule has 1 aliphatic carbocycles. The summed E-state index contributed by atoms with van der Waals surface area (Å²) >= 11 is 6.09. The molecule has 0 radical (unpaired) electrons. The van der Waals surface area contributed by atoms with Crippen LogP contribution < -0.4 is 0 Å². The van der Waals surface area contributed by atoms with E-state index >= 15 is 0 Å². The highest BCUT2D eigenvalue weighted by atomic mass is 35.5. The van der Waals surface area contributed by atoms with E-state index in [1.807, 2.05) is 6.92 Å². The molecular weight excluding hydrogens is 210 g/mol. The predicted octanol–water partition coefficient (Wildman–Crippen LogP) is 3.38. The van der Waals surface area contributed by atoms with Crippen molar-refractivity contribution < 1.29 is 0 Å². The Morgan fingerprint density at radius 1 is 1.20 bits per heavy atom. The Labute approximate surface area is 95.8 Å². The summed E-state index contributed by atoms with van der Waals surface area (Å²) in [6.45, 7) is 4.29. The van der Waals surface area contributed by atoms with Crippen molar-refractivity contribution in [3.8, 4) is 0 Å². The van der Waals surface area contributed by atoms with Crippen molar-refractivity contribution in [1.29, 1.82) is 0 Å². The van der Waals surface area contributed by atoms with Gasteiger partial charge >= 0.3 is 0 Å². The maximum Gasteiger partial charge on any atom is 0.225 e. The first-order valence-electron chi connectivity index (χ1n) is 5.77. The third kappa shape index (κ3) is 2.17. The summed E-state index contributed by atoms with van der Waals surface area (Å²) in [6, 6.07) is 0.495. The SMILES string of the molecule is Cc1nnc(Cl)n1C1CCCCCC1C. The third-order valence-electron chi connectivity index (χ3n) is 3.47. The lowest BCUT2D eigenvalue weighted by molar-refractivity contribution is 0.328. The molecule has 0 N–H and O–H groups in total. The molecule has 1 fully saturated rings. The number of rotatable bonds is 1. The van der Waals surface area contributed by atoms with E-state index in [1.54, 1.807) is 0 Å². The van der Waals surface area contributed by atoms with Gasteiger partial charge in [0.15, 0.2) is 0 Å². The van der Waals surface area contributed by atoms with E-state index in [0.717, 1.165) is 5.82 Å². The van der Waals surface area contributed by atoms with Crippen LogP contribution in [0.5, 0.6) is 0 Å². The van der Waals surface area contributed by atoms with Gasteiger partial charge in [0.1, 0.15) is 5.82 Å². The minimum atomic E-state index is 0.495. The normalized spacial score (nSPS) is 27.7. The molecule has 0 spiro atoms. The fourth-order valence-corrected chi connectivity index (χ4v) is 2.86. The van der Waals surface area contributed by atoms with Crippen LogP contribution in [0.15, 0.2) is 0 Å². The van der Waals surface area contributed by atoms with Gasteiger partial charge in [-0.2, -0.15) is 0 Å². The topological polar surface area (TPSA) is 30.7 Å². The second-order valence-corrected chi connectivity index (χ2v) is 4.91. The van der Waals surface area contributed by atoms with Gasteiger partial charge in [-0.15, -0.1) is 10.2 Å². The Kier molecular flexibility index (Phi) is 3.29. The quantitative estimate of drug-likeness (QED) is 0.689. The van der Waals surface area contributed by atoms with Crippen molar-refractivity contribution in [2.24, 2.45) is 5.92 Å². The van der Waals surface area contributed by atoms with Gasteiger partial charge < -0.3 is 0 Å². The van der Waals surface area contributed by atoms with Gasteiger partial charge in [0.05, 0.1) is 0 Å². The third-order valence-corrected chi connectivity index (χ3v) is 3.73. The number of nitrogens with zero attached hydrogens (tertiary/aromatic N) is 3. The van der Waals surface area contributed by atoms with Crippen LogP contribution in [0.2, 0.25) is 5.28 Å². The van der Waals surface area contributed by atoms with Crippen LogP contribution in [-0.4, -0.2) is 14.8 Å². The summed E-state index contributed by atoms with van der Waals surface area (Å²) in [6.07, 6.45) is 6.48. The molecule has 1 aliphatic rings. The number of hydrogen-bond donors (Lipinski definition) is 0. The summed E-state index contributed by atoms with van der Waals surface area (Å²) in [5.41, 5.74) is 0. The molecule has 1 heterocycles. The largest absolute Gasteiger partial charge is 0.299 e. The van der Waals surface area contributed by atoms with E-state index < -0.39 is 0 Å². The van der Waals surface area contributed by atoms with Crippen molar-refractivity contribution in [3.05, 3.63) is 11.1 Å². The molecule has 2 rings (SSSR count). The summed E-state index contributed by atoms with van der Waals surface area (Å²) in [5.74, 6) is 1.62. The van der Waals surface area contributed by atoms with Crippen LogP contribution in [-0.2, 0) is 0 Å². The van der Waals surface area contributed by atoms with E-state index in [4.69, 9.17) is 11.6 Å². The average Bonchev–Trinajstić information content (AvgIpc) is 2.42. The first-order valence-corrected chi connectivity index (χ1v) is 6.15. The van der Waals surface area contributed by atoms with Crippen molar-refractivity contribution >= 4 is 11.6 Å². The van der Waals surface area contributed by atoms with Crippen LogP contribution in [0.3, 0.4) is 0 Å². The molecule has 0 bridgehead atoms. The van der Waals surface area contributed by atoms with Gasteiger partial charge in [-0.05, 0) is 37.3 Å². The van der Waals surface area contributed by atoms with Crippen molar-refractivity contribution in [2.45, 2.75) is 52.0 Å². The molecule has 15 heavy (non-hydrogen) atoms. The fourth-order valence-electron chi connectivity index (χ4n) is 2.58. The van der Waals surface area contributed by atoms with Crippen molar-refractivity contribution in [2.75, 3.05) is 0 Å². The van der Waals surface area contributed by atoms with E-state index in [1.165, 1.54) is 32.1 Å². The highest BCUT2D eigenvalue weighted by Crippen LogP contribution is 2.34. The highest BCUT2D eigenvalue weighted by Gasteiger charge is 2.24. The maximum absolute atomic E-state index is 6.09. The van der Waals surface area contributed by atoms with E-state index in [9.17, 15) is 0 Å². The molecule has 0 aromatic carbocycles. The lowest BCUT2D eigenvalue weighted by atomic mass is 9.97. The molecule has 0 amide bonds. The Morgan fingerprint density at radius 3 is 2.60 bits per heavy atom. The van der Waals surface area contributed by atoms with E-state index in [0.29, 0.717) is 17.2 Å². The lowest BCUT2D eigenvalue weighted by Crippen LogP contribution is -2.17. The van der Waals surface area contributed by atoms with Gasteiger partial charge in [0.25, 0.3) is 0 Å². The number of halogens is 1. The number of aryl methyl sites for hydroxylation is 1. The van der Waals surface area contributed by atoms with Crippen LogP contribution in [0, 0.1) is 12.8 Å². The van der Waals surface area contributed by atoms with Gasteiger partial charge in [-0.1, -0.05) is 26.2 Å². The summed E-state index contributed by atoms with van der Waals surface area (Å²) in [7, 11) is 0. The van der Waals surface area contributed by atoms with Crippen LogP contribution in [0.1, 0.15) is 50.9 Å². The first-order chi connectivity index (χ1) is 7.20. The molecule has 1 aromatic rings. The number of hydrogen-bond acceptors (Lipinski definition) is 2. The van der Waals surface area contributed by atoms with Crippen molar-refractivity contribution in [3.63, 3.8) is 0 Å². The Balaban J connectivity index is 2.27. The zero-order chi connectivity index (χ0) is 10.8. The monoisotopic (exact) mass is 227 g/mol. The van der Waals surface area contributed by atoms with Gasteiger partial charge in [-0.3, -0.25) is 4.57 Å². The molecule has 3 nitrogen and oxygen atoms in total. The fraction of sp³-hybridized carbons (Fsp3) is 0.818. The molecule has 84 valence electrons. The Morgan fingerprint density at radius 2 is 1.93 bits per heavy atom. The molecule has 2 unspecified atom stereocenters. The first kappa shape index (κ1) is 10.9. The second-order valence-electron chi connectivity index (χ2n) is 4.57. The molecule has 1 aromatic heterocycles. The second kappa shape index (κ2) is 4.52. The van der Waals surface area contributed by atoms with Crippen LogP contribution in [0.25, 0.3) is 0 Å². The predicted molar refractivity (Wildman–Crippen MR) is 61.1 cm³/mol. The highest BCUT2D eigenvalue weighted by molar-refractivity contribution is 6.28. The minimum Gasteiger partial charge on any atom is -0.299 e. The van der Waals surface area contributed by atoms with E-state index in [2.05, 4.69) is 21.7 Å². The zero-order valence-corrected chi connectivity index (χ0v) is 10.2. The number of aromatic nitrogens is 3. The van der Waals surface area contributed by atoms with E-state index in [-0.39, 0.29) is 0 Å². The van der Waals surface area contributed by atoms with Crippen LogP contribution in [0.4, 0.5) is 0 Å². The molecule has 0 aliphatic heterocycles. The van der Waals surface area contributed by atoms with Gasteiger partial charge in [0.2, 0.25) is 5.28 Å². The molecule has 2 atom stereocenters. The zero-order valence-electron chi connectivity index (χ0n) is 9.41. The van der Waals surface area contributed by atoms with Gasteiger partial charge in [0, 0.05) is 6.04 Å². The molecule has 4 heteroatoms. The van der Waals surface area contributed by atoms with Crippen molar-refractivity contribution in [1.82, 2.24) is 14.8 Å². The van der Waals surface area contributed by atoms with Crippen LogP contribution >= 0.6 is 11.6 Å². The Bertz CT molecular complexity index is 315. The lowest BCUT2D eigenvalue weighted by Gasteiger charge is -2.24. The standard InChI is InChI=1S/C11H18ClN3/c1-8-6-4-3-5-7-10(8)15-9(2)13-14-11(15)12/h8,10H,3-7H2,1-2H3. The average molecular weight is 228 g/mol.